The van der Waals surface area contributed by atoms with Crippen LogP contribution < -0.4 is 13.9 Å². The molecule has 0 aliphatic carbocycles. The molecule has 2 aromatic heterocycles. The van der Waals surface area contributed by atoms with Crippen molar-refractivity contribution in [3.63, 3.8) is 0 Å². The van der Waals surface area contributed by atoms with Crippen molar-refractivity contribution in [3.8, 4) is 28.4 Å². The van der Waals surface area contributed by atoms with Gasteiger partial charge in [0, 0.05) is 68.5 Å². The molecular formula is C58H59N4OPt-. The Hall–Kier alpha value is -5.32. The monoisotopic (exact) mass is 1020 g/mol. The SMILES string of the molecule is Cc1cc2c(cc1C)[N@@+]1(c3cccc(C(C)(C)C)c3)[CH-][N+]21c1[c-]c(Oc2[c-]c3c(cc2)c2ccccc2n3-c2cc(C(C)(C)C)ccn2)cc(-c2c(C(C)C)cccc2C(C)C)c1.[Pt]. The zero-order valence-corrected chi connectivity index (χ0v) is 41.6. The standard InChI is InChI=1S/C58H59N4O.Pt/c1-36(2)47-20-16-21-48(37(3)4)56(47)40-29-44(62-35-61(62,53-27-38(5)39(6)28-54(53)62)43-18-15-17-41(31-43)57(7,8)9)33-46(30-40)63-45-23-24-50-49-19-13-14-22-51(49)60(52(50)34-45)55-32-42(25-26-59-55)58(10,11)12;/h13-32,35-37H,1-12H3;/q-1;/t61-,62?;/m0./s1. The van der Waals surface area contributed by atoms with Crippen molar-refractivity contribution in [2.75, 3.05) is 0 Å². The molecule has 1 unspecified atom stereocenters. The summed E-state index contributed by atoms with van der Waals surface area (Å²) in [4.78, 5) is 4.93. The summed E-state index contributed by atoms with van der Waals surface area (Å²) in [5, 5.41) is 2.26. The van der Waals surface area contributed by atoms with E-state index in [1.807, 2.05) is 6.20 Å². The first-order chi connectivity index (χ1) is 29.9. The summed E-state index contributed by atoms with van der Waals surface area (Å²) in [6, 6.07) is 50.2. The molecule has 10 rings (SSSR count). The average Bonchev–Trinajstić information content (AvgIpc) is 3.76. The smallest absolute Gasteiger partial charge is 0.225 e. The summed E-state index contributed by atoms with van der Waals surface area (Å²) in [6.45, 7) is 29.7. The van der Waals surface area contributed by atoms with Gasteiger partial charge in [-0.25, -0.2) is 9.58 Å². The Labute approximate surface area is 394 Å². The first-order valence-electron chi connectivity index (χ1n) is 22.6. The predicted molar refractivity (Wildman–Crippen MR) is 263 cm³/mol. The summed E-state index contributed by atoms with van der Waals surface area (Å²) < 4.78 is 10.5. The number of hydrogen-bond acceptors (Lipinski definition) is 2. The van der Waals surface area contributed by atoms with Crippen LogP contribution in [-0.2, 0) is 31.9 Å². The van der Waals surface area contributed by atoms with Gasteiger partial charge in [-0.05, 0) is 99.0 Å². The minimum atomic E-state index is -0.0300. The van der Waals surface area contributed by atoms with Crippen LogP contribution in [0.2, 0.25) is 0 Å². The van der Waals surface area contributed by atoms with Gasteiger partial charge < -0.3 is 9.30 Å². The number of para-hydroxylation sites is 1. The van der Waals surface area contributed by atoms with Gasteiger partial charge in [0.25, 0.3) is 0 Å². The second-order valence-corrected chi connectivity index (χ2v) is 20.6. The molecule has 0 spiro atoms. The number of aryl methyl sites for hydroxylation is 2. The summed E-state index contributed by atoms with van der Waals surface area (Å²) in [5.74, 6) is 2.80. The summed E-state index contributed by atoms with van der Waals surface area (Å²) in [5.41, 5.74) is 17.1. The van der Waals surface area contributed by atoms with Crippen molar-refractivity contribution in [2.24, 2.45) is 0 Å². The van der Waals surface area contributed by atoms with E-state index < -0.39 is 0 Å². The molecule has 2 aliphatic rings. The average molecular weight is 1020 g/mol. The van der Waals surface area contributed by atoms with Gasteiger partial charge >= 0.3 is 0 Å². The maximum absolute atomic E-state index is 7.09. The molecule has 8 aromatic rings. The van der Waals surface area contributed by atoms with E-state index in [4.69, 9.17) is 9.72 Å². The molecule has 1 saturated heterocycles. The minimum absolute atomic E-state index is 0. The van der Waals surface area contributed by atoms with Crippen LogP contribution in [0.15, 0.2) is 121 Å². The Balaban J connectivity index is 0.00000518. The van der Waals surface area contributed by atoms with Gasteiger partial charge in [-0.15, -0.1) is 29.1 Å². The first kappa shape index (κ1) is 43.9. The van der Waals surface area contributed by atoms with E-state index in [1.54, 1.807) is 0 Å². The molecule has 1 fully saturated rings. The number of pyridine rings is 1. The van der Waals surface area contributed by atoms with Crippen molar-refractivity contribution in [1.82, 2.24) is 18.7 Å². The predicted octanol–water partition coefficient (Wildman–Crippen LogP) is 16.0. The molecule has 5 nitrogen and oxygen atoms in total. The summed E-state index contributed by atoms with van der Waals surface area (Å²) >= 11 is 0. The molecule has 328 valence electrons. The number of ether oxygens (including phenoxy) is 1. The Kier molecular flexibility index (Phi) is 10.6. The maximum Gasteiger partial charge on any atom is 0.225 e. The van der Waals surface area contributed by atoms with Crippen LogP contribution in [0.4, 0.5) is 22.7 Å². The van der Waals surface area contributed by atoms with Crippen molar-refractivity contribution in [1.29, 1.82) is 0 Å². The molecule has 6 heteroatoms. The molecule has 2 atom stereocenters. The second-order valence-electron chi connectivity index (χ2n) is 20.6. The van der Waals surface area contributed by atoms with Gasteiger partial charge in [-0.1, -0.05) is 135 Å². The minimum Gasteiger partial charge on any atom is -0.509 e. The van der Waals surface area contributed by atoms with Gasteiger partial charge in [-0.3, -0.25) is 0 Å². The zero-order valence-electron chi connectivity index (χ0n) is 39.3. The number of nitrogens with zero attached hydrogens (tertiary/aromatic N) is 4. The van der Waals surface area contributed by atoms with E-state index in [2.05, 4.69) is 222 Å². The molecule has 6 aromatic carbocycles. The third-order valence-corrected chi connectivity index (χ3v) is 13.7. The van der Waals surface area contributed by atoms with Crippen molar-refractivity contribution < 1.29 is 25.8 Å². The van der Waals surface area contributed by atoms with Gasteiger partial charge in [0.1, 0.15) is 5.82 Å². The number of rotatable bonds is 8. The number of aromatic nitrogens is 2. The van der Waals surface area contributed by atoms with Gasteiger partial charge in [0.15, 0.2) is 12.4 Å². The van der Waals surface area contributed by atoms with Crippen LogP contribution in [0, 0.1) is 32.6 Å². The Morgan fingerprint density at radius 1 is 0.625 bits per heavy atom. The molecule has 0 saturated carbocycles. The molecule has 0 amide bonds. The fourth-order valence-corrected chi connectivity index (χ4v) is 10.00. The van der Waals surface area contributed by atoms with Crippen LogP contribution in [0.5, 0.6) is 11.5 Å². The van der Waals surface area contributed by atoms with E-state index >= 15 is 0 Å². The third kappa shape index (κ3) is 6.72. The first-order valence-corrected chi connectivity index (χ1v) is 22.6. The fraction of sp³-hybridized carbons (Fsp3) is 0.276. The van der Waals surface area contributed by atoms with E-state index in [0.717, 1.165) is 38.9 Å². The molecule has 2 aliphatic heterocycles. The van der Waals surface area contributed by atoms with Gasteiger partial charge in [-0.2, -0.15) is 10.7 Å². The normalized spacial score (nSPS) is 17.9. The summed E-state index contributed by atoms with van der Waals surface area (Å²) in [6.07, 6.45) is 1.92. The van der Waals surface area contributed by atoms with E-state index in [-0.39, 0.29) is 31.9 Å². The Morgan fingerprint density at radius 3 is 1.94 bits per heavy atom. The van der Waals surface area contributed by atoms with Crippen LogP contribution in [0.25, 0.3) is 38.8 Å². The largest absolute Gasteiger partial charge is 0.509 e. The quantitative estimate of drug-likeness (QED) is 0.0862. The number of fused-ring (bicyclic) bond motifs is 7. The van der Waals surface area contributed by atoms with Crippen LogP contribution >= 0.6 is 0 Å². The van der Waals surface area contributed by atoms with Crippen LogP contribution in [0.1, 0.15) is 114 Å². The van der Waals surface area contributed by atoms with Gasteiger partial charge in [0.05, 0.1) is 5.69 Å². The second kappa shape index (κ2) is 15.4. The van der Waals surface area contributed by atoms with Crippen LogP contribution in [0.3, 0.4) is 0 Å². The summed E-state index contributed by atoms with van der Waals surface area (Å²) in [7, 11) is 0. The van der Waals surface area contributed by atoms with Crippen molar-refractivity contribution in [2.45, 2.75) is 106 Å². The molecule has 4 heterocycles. The van der Waals surface area contributed by atoms with Crippen molar-refractivity contribution >= 4 is 44.6 Å². The third-order valence-electron chi connectivity index (χ3n) is 13.7. The maximum atomic E-state index is 7.09. The Bertz CT molecular complexity index is 3120. The van der Waals surface area contributed by atoms with Crippen molar-refractivity contribution in [3.05, 3.63) is 174 Å². The van der Waals surface area contributed by atoms with Gasteiger partial charge in [0.2, 0.25) is 11.4 Å². The van der Waals surface area contributed by atoms with E-state index in [0.29, 0.717) is 32.5 Å². The van der Waals surface area contributed by atoms with E-state index in [9.17, 15) is 0 Å². The fourth-order valence-electron chi connectivity index (χ4n) is 10.00. The van der Waals surface area contributed by atoms with Crippen LogP contribution in [-0.4, -0.2) is 9.55 Å². The molecule has 64 heavy (non-hydrogen) atoms. The number of quaternary nitrogens is 2. The number of benzene rings is 6. The molecule has 0 radical (unpaired) electrons. The molecular weight excluding hydrogens is 964 g/mol. The van der Waals surface area contributed by atoms with E-state index in [1.165, 1.54) is 56.0 Å². The number of hydrogen-bond donors (Lipinski definition) is 0. The topological polar surface area (TPSA) is 27.1 Å². The molecule has 0 bridgehead atoms. The zero-order chi connectivity index (χ0) is 44.4. The Morgan fingerprint density at radius 2 is 1.27 bits per heavy atom. The molecule has 0 N–H and O–H groups in total.